The number of nitrogens with zero attached hydrogens (tertiary/aromatic N) is 3. The van der Waals surface area contributed by atoms with Crippen molar-refractivity contribution in [2.75, 3.05) is 39.8 Å². The molecule has 0 aromatic carbocycles. The summed E-state index contributed by atoms with van der Waals surface area (Å²) in [5.74, 6) is 0. The van der Waals surface area contributed by atoms with Crippen LogP contribution in [0.5, 0.6) is 0 Å². The zero-order chi connectivity index (χ0) is 9.80. The third kappa shape index (κ3) is 2.55. The van der Waals surface area contributed by atoms with Gasteiger partial charge in [0.1, 0.15) is 0 Å². The van der Waals surface area contributed by atoms with Crippen LogP contribution in [0.15, 0.2) is 4.99 Å². The molecule has 0 N–H and O–H groups in total. The molecule has 0 unspecified atom stereocenters. The molecule has 2 aliphatic rings. The van der Waals surface area contributed by atoms with Crippen molar-refractivity contribution in [1.29, 1.82) is 0 Å². The number of piperidine rings is 1. The molecule has 3 nitrogen and oxygen atoms in total. The second kappa shape index (κ2) is 4.89. The van der Waals surface area contributed by atoms with Crippen molar-refractivity contribution in [1.82, 2.24) is 9.80 Å². The van der Waals surface area contributed by atoms with Gasteiger partial charge < -0.3 is 4.90 Å². The first-order valence-corrected chi connectivity index (χ1v) is 5.77. The minimum absolute atomic E-state index is 0.827. The van der Waals surface area contributed by atoms with Gasteiger partial charge >= 0.3 is 0 Å². The maximum Gasteiger partial charge on any atom is 0.0512 e. The topological polar surface area (TPSA) is 18.8 Å². The molecule has 0 aromatic heterocycles. The van der Waals surface area contributed by atoms with Crippen LogP contribution >= 0.6 is 0 Å². The number of aliphatic imine (C=N–C) groups is 1. The summed E-state index contributed by atoms with van der Waals surface area (Å²) in [6.07, 6.45) is 5.92. The SMILES string of the molecule is CN1CCC(N2CCC=NCC2)CC1. The lowest BCUT2D eigenvalue weighted by atomic mass is 10.0. The van der Waals surface area contributed by atoms with Crippen molar-refractivity contribution in [2.45, 2.75) is 25.3 Å². The Morgan fingerprint density at radius 3 is 2.71 bits per heavy atom. The molecule has 14 heavy (non-hydrogen) atoms. The molecule has 1 saturated heterocycles. The number of likely N-dealkylation sites (tertiary alicyclic amines) is 1. The molecular formula is C11H21N3. The summed E-state index contributed by atoms with van der Waals surface area (Å²) < 4.78 is 0. The van der Waals surface area contributed by atoms with Crippen LogP contribution in [-0.4, -0.2) is 61.8 Å². The Labute approximate surface area is 86.8 Å². The van der Waals surface area contributed by atoms with Crippen LogP contribution in [0.4, 0.5) is 0 Å². The van der Waals surface area contributed by atoms with Crippen molar-refractivity contribution in [2.24, 2.45) is 4.99 Å². The Morgan fingerprint density at radius 1 is 1.14 bits per heavy atom. The molecular weight excluding hydrogens is 174 g/mol. The highest BCUT2D eigenvalue weighted by Crippen LogP contribution is 2.16. The predicted molar refractivity (Wildman–Crippen MR) is 60.1 cm³/mol. The molecule has 2 aliphatic heterocycles. The van der Waals surface area contributed by atoms with Crippen LogP contribution in [0.3, 0.4) is 0 Å². The number of hydrogen-bond acceptors (Lipinski definition) is 3. The van der Waals surface area contributed by atoms with Gasteiger partial charge in [0, 0.05) is 25.3 Å². The van der Waals surface area contributed by atoms with Crippen LogP contribution in [0, 0.1) is 0 Å². The van der Waals surface area contributed by atoms with Gasteiger partial charge in [-0.3, -0.25) is 9.89 Å². The molecule has 2 heterocycles. The van der Waals surface area contributed by atoms with Crippen LogP contribution in [0.2, 0.25) is 0 Å². The zero-order valence-corrected chi connectivity index (χ0v) is 9.15. The summed E-state index contributed by atoms with van der Waals surface area (Å²) in [7, 11) is 2.22. The minimum Gasteiger partial charge on any atom is -0.306 e. The lowest BCUT2D eigenvalue weighted by Crippen LogP contribution is -2.44. The Morgan fingerprint density at radius 2 is 1.93 bits per heavy atom. The van der Waals surface area contributed by atoms with Crippen LogP contribution in [0.25, 0.3) is 0 Å². The van der Waals surface area contributed by atoms with E-state index in [2.05, 4.69) is 28.1 Å². The summed E-state index contributed by atoms with van der Waals surface area (Å²) in [4.78, 5) is 9.43. The Balaban J connectivity index is 1.82. The molecule has 0 amide bonds. The Bertz CT molecular complexity index is 185. The van der Waals surface area contributed by atoms with Gasteiger partial charge in [0.15, 0.2) is 0 Å². The highest BCUT2D eigenvalue weighted by Gasteiger charge is 2.22. The molecule has 0 bridgehead atoms. The molecule has 0 saturated carbocycles. The van der Waals surface area contributed by atoms with Gasteiger partial charge in [-0.2, -0.15) is 0 Å². The van der Waals surface area contributed by atoms with Gasteiger partial charge in [0.2, 0.25) is 0 Å². The first-order valence-electron chi connectivity index (χ1n) is 5.77. The minimum atomic E-state index is 0.827. The smallest absolute Gasteiger partial charge is 0.0512 e. The van der Waals surface area contributed by atoms with E-state index in [9.17, 15) is 0 Å². The summed E-state index contributed by atoms with van der Waals surface area (Å²) in [5, 5.41) is 0. The second-order valence-corrected chi connectivity index (χ2v) is 4.45. The van der Waals surface area contributed by atoms with Crippen molar-refractivity contribution < 1.29 is 0 Å². The van der Waals surface area contributed by atoms with E-state index in [1.165, 1.54) is 39.0 Å². The van der Waals surface area contributed by atoms with E-state index >= 15 is 0 Å². The Kier molecular flexibility index (Phi) is 3.54. The molecule has 0 atom stereocenters. The molecule has 0 radical (unpaired) electrons. The van der Waals surface area contributed by atoms with Gasteiger partial charge in [-0.25, -0.2) is 0 Å². The number of rotatable bonds is 1. The largest absolute Gasteiger partial charge is 0.306 e. The van der Waals surface area contributed by atoms with Gasteiger partial charge in [-0.05, 0) is 39.4 Å². The summed E-state index contributed by atoms with van der Waals surface area (Å²) >= 11 is 0. The predicted octanol–water partition coefficient (Wildman–Crippen LogP) is 0.857. The van der Waals surface area contributed by atoms with Crippen LogP contribution in [0.1, 0.15) is 19.3 Å². The summed E-state index contributed by atoms with van der Waals surface area (Å²) in [5.41, 5.74) is 0. The molecule has 0 aromatic rings. The monoisotopic (exact) mass is 195 g/mol. The molecule has 0 aliphatic carbocycles. The maximum absolute atomic E-state index is 4.35. The fraction of sp³-hybridized carbons (Fsp3) is 0.909. The first kappa shape index (κ1) is 10.1. The van der Waals surface area contributed by atoms with Crippen molar-refractivity contribution in [3.8, 4) is 0 Å². The van der Waals surface area contributed by atoms with E-state index < -0.39 is 0 Å². The highest BCUT2D eigenvalue weighted by molar-refractivity contribution is 5.57. The average molecular weight is 195 g/mol. The van der Waals surface area contributed by atoms with Gasteiger partial charge in [-0.15, -0.1) is 0 Å². The van der Waals surface area contributed by atoms with Crippen molar-refractivity contribution >= 4 is 6.21 Å². The second-order valence-electron chi connectivity index (χ2n) is 4.45. The quantitative estimate of drug-likeness (QED) is 0.618. The van der Waals surface area contributed by atoms with E-state index in [0.29, 0.717) is 0 Å². The van der Waals surface area contributed by atoms with Gasteiger partial charge in [0.05, 0.1) is 6.54 Å². The van der Waals surface area contributed by atoms with Gasteiger partial charge in [-0.1, -0.05) is 0 Å². The standard InChI is InChI=1S/C11H21N3/c1-13-8-3-11(4-9-13)14-7-2-5-12-6-10-14/h5,11H,2-4,6-10H2,1H3. The third-order valence-corrected chi connectivity index (χ3v) is 3.40. The lowest BCUT2D eigenvalue weighted by Gasteiger charge is -2.36. The third-order valence-electron chi connectivity index (χ3n) is 3.40. The first-order chi connectivity index (χ1) is 6.86. The van der Waals surface area contributed by atoms with Gasteiger partial charge in [0.25, 0.3) is 0 Å². The Hall–Kier alpha value is -0.410. The maximum atomic E-state index is 4.35. The van der Waals surface area contributed by atoms with Crippen LogP contribution < -0.4 is 0 Å². The highest BCUT2D eigenvalue weighted by atomic mass is 15.2. The summed E-state index contributed by atoms with van der Waals surface area (Å²) in [6.45, 7) is 5.93. The van der Waals surface area contributed by atoms with E-state index in [0.717, 1.165) is 19.0 Å². The number of hydrogen-bond donors (Lipinski definition) is 0. The van der Waals surface area contributed by atoms with Crippen LogP contribution in [-0.2, 0) is 0 Å². The average Bonchev–Trinajstić information content (AvgIpc) is 2.47. The molecule has 3 heteroatoms. The zero-order valence-electron chi connectivity index (χ0n) is 9.15. The normalized spacial score (nSPS) is 27.8. The van der Waals surface area contributed by atoms with E-state index in [4.69, 9.17) is 0 Å². The van der Waals surface area contributed by atoms with Crippen molar-refractivity contribution in [3.63, 3.8) is 0 Å². The molecule has 2 rings (SSSR count). The summed E-state index contributed by atoms with van der Waals surface area (Å²) in [6, 6.07) is 0.827. The molecule has 80 valence electrons. The van der Waals surface area contributed by atoms with E-state index in [-0.39, 0.29) is 0 Å². The van der Waals surface area contributed by atoms with E-state index in [1.807, 2.05) is 0 Å². The van der Waals surface area contributed by atoms with E-state index in [1.54, 1.807) is 0 Å². The molecule has 0 spiro atoms. The molecule has 1 fully saturated rings. The lowest BCUT2D eigenvalue weighted by molar-refractivity contribution is 0.128. The van der Waals surface area contributed by atoms with Crippen molar-refractivity contribution in [3.05, 3.63) is 0 Å². The fourth-order valence-corrected chi connectivity index (χ4v) is 2.43. The fourth-order valence-electron chi connectivity index (χ4n) is 2.43.